The van der Waals surface area contributed by atoms with Crippen LogP contribution in [0.5, 0.6) is 0 Å². The number of aliphatic hydroxyl groups excluding tert-OH is 1. The van der Waals surface area contributed by atoms with Crippen molar-refractivity contribution in [1.29, 1.82) is 0 Å². The van der Waals surface area contributed by atoms with Crippen LogP contribution in [0.4, 0.5) is 14.3 Å². The number of rotatable bonds is 6. The van der Waals surface area contributed by atoms with E-state index in [1.54, 1.807) is 12.1 Å². The molecule has 0 unspecified atom stereocenters. The second-order valence-corrected chi connectivity index (χ2v) is 5.32. The number of hydrogen-bond donors (Lipinski definition) is 3. The van der Waals surface area contributed by atoms with Gasteiger partial charge in [0.1, 0.15) is 10.8 Å². The molecule has 6 nitrogen and oxygen atoms in total. The van der Waals surface area contributed by atoms with Crippen LogP contribution in [-0.4, -0.2) is 34.5 Å². The zero-order valence-electron chi connectivity index (χ0n) is 11.2. The molecule has 0 saturated heterocycles. The van der Waals surface area contributed by atoms with E-state index in [-0.39, 0.29) is 18.5 Å². The van der Waals surface area contributed by atoms with E-state index in [0.29, 0.717) is 24.5 Å². The number of carbonyl (C=O) groups is 1. The number of nitrogens with one attached hydrogen (secondary N) is 2. The summed E-state index contributed by atoms with van der Waals surface area (Å²) >= 11 is 1.26. The molecule has 112 valence electrons. The quantitative estimate of drug-likeness (QED) is 0.710. The summed E-state index contributed by atoms with van der Waals surface area (Å²) in [6.45, 7) is 0.421. The number of anilines is 1. The fourth-order valence-electron chi connectivity index (χ4n) is 1.57. The Hall–Kier alpha value is -2.06. The van der Waals surface area contributed by atoms with Gasteiger partial charge in [-0.05, 0) is 24.1 Å². The first-order chi connectivity index (χ1) is 10.2. The van der Waals surface area contributed by atoms with Crippen LogP contribution in [0.15, 0.2) is 24.3 Å². The lowest BCUT2D eigenvalue weighted by atomic mass is 10.2. The first-order valence-electron chi connectivity index (χ1n) is 6.40. The molecule has 0 aliphatic carbocycles. The Morgan fingerprint density at radius 2 is 2.05 bits per heavy atom. The minimum absolute atomic E-state index is 0.0287. The molecule has 1 aromatic heterocycles. The average molecular weight is 310 g/mol. The van der Waals surface area contributed by atoms with Crippen molar-refractivity contribution in [1.82, 2.24) is 15.5 Å². The number of halogens is 1. The summed E-state index contributed by atoms with van der Waals surface area (Å²) in [4.78, 5) is 11.5. The highest BCUT2D eigenvalue weighted by Gasteiger charge is 2.08. The molecule has 2 rings (SSSR count). The van der Waals surface area contributed by atoms with Gasteiger partial charge >= 0.3 is 6.03 Å². The van der Waals surface area contributed by atoms with Crippen LogP contribution < -0.4 is 10.6 Å². The molecule has 0 bridgehead atoms. The van der Waals surface area contributed by atoms with Gasteiger partial charge in [0, 0.05) is 19.6 Å². The molecule has 8 heteroatoms. The monoisotopic (exact) mass is 310 g/mol. The normalized spacial score (nSPS) is 10.4. The summed E-state index contributed by atoms with van der Waals surface area (Å²) in [7, 11) is 0. The lowest BCUT2D eigenvalue weighted by Crippen LogP contribution is -2.29. The van der Waals surface area contributed by atoms with Crippen molar-refractivity contribution in [3.8, 4) is 0 Å². The van der Waals surface area contributed by atoms with Crippen LogP contribution in [0.25, 0.3) is 0 Å². The third-order valence-corrected chi connectivity index (χ3v) is 3.42. The van der Waals surface area contributed by atoms with Gasteiger partial charge in [0.2, 0.25) is 5.13 Å². The van der Waals surface area contributed by atoms with Gasteiger partial charge in [-0.15, -0.1) is 10.2 Å². The van der Waals surface area contributed by atoms with E-state index in [2.05, 4.69) is 20.8 Å². The van der Waals surface area contributed by atoms with E-state index in [1.807, 2.05) is 0 Å². The minimum atomic E-state index is -0.382. The maximum atomic E-state index is 12.8. The highest BCUT2D eigenvalue weighted by atomic mass is 32.1. The zero-order valence-corrected chi connectivity index (χ0v) is 12.0. The van der Waals surface area contributed by atoms with Crippen molar-refractivity contribution in [3.05, 3.63) is 40.7 Å². The molecule has 0 aliphatic heterocycles. The zero-order chi connectivity index (χ0) is 15.1. The second kappa shape index (κ2) is 7.65. The van der Waals surface area contributed by atoms with Crippen LogP contribution in [-0.2, 0) is 6.42 Å². The third-order valence-electron chi connectivity index (χ3n) is 2.58. The molecular weight excluding hydrogens is 295 g/mol. The fourth-order valence-corrected chi connectivity index (χ4v) is 2.34. The number of urea groups is 1. The molecule has 3 N–H and O–H groups in total. The molecule has 21 heavy (non-hydrogen) atoms. The largest absolute Gasteiger partial charge is 0.396 e. The van der Waals surface area contributed by atoms with Crippen molar-refractivity contribution in [3.63, 3.8) is 0 Å². The highest BCUT2D eigenvalue weighted by Crippen LogP contribution is 2.18. The summed E-state index contributed by atoms with van der Waals surface area (Å²) in [6.07, 6.45) is 1.03. The van der Waals surface area contributed by atoms with Gasteiger partial charge in [-0.3, -0.25) is 5.32 Å². The van der Waals surface area contributed by atoms with Crippen LogP contribution in [0, 0.1) is 5.82 Å². The molecule has 0 fully saturated rings. The Labute approximate surface area is 125 Å². The molecular formula is C13H15FN4O2S. The Bertz CT molecular complexity index is 588. The molecule has 2 amide bonds. The molecule has 1 aromatic carbocycles. The predicted molar refractivity (Wildman–Crippen MR) is 77.8 cm³/mol. The standard InChI is InChI=1S/C13H15FN4O2S/c14-10-4-2-9(3-5-10)8-11-17-18-13(21-11)16-12(20)15-6-1-7-19/h2-5,19H,1,6-8H2,(H2,15,16,18,20). The van der Waals surface area contributed by atoms with Crippen molar-refractivity contribution in [2.45, 2.75) is 12.8 Å². The van der Waals surface area contributed by atoms with E-state index in [1.165, 1.54) is 23.5 Å². The first kappa shape index (κ1) is 15.3. The molecule has 0 atom stereocenters. The summed E-state index contributed by atoms with van der Waals surface area (Å²) < 4.78 is 12.8. The van der Waals surface area contributed by atoms with Gasteiger partial charge in [0.05, 0.1) is 0 Å². The molecule has 2 aromatic rings. The minimum Gasteiger partial charge on any atom is -0.396 e. The van der Waals surface area contributed by atoms with Crippen LogP contribution in [0.1, 0.15) is 17.0 Å². The third kappa shape index (κ3) is 5.09. The number of carbonyl (C=O) groups excluding carboxylic acids is 1. The van der Waals surface area contributed by atoms with E-state index >= 15 is 0 Å². The smallest absolute Gasteiger partial charge is 0.321 e. The van der Waals surface area contributed by atoms with Crippen molar-refractivity contribution >= 4 is 22.5 Å². The van der Waals surface area contributed by atoms with Gasteiger partial charge in [-0.25, -0.2) is 9.18 Å². The number of amides is 2. The SMILES string of the molecule is O=C(NCCCO)Nc1nnc(Cc2ccc(F)cc2)s1. The van der Waals surface area contributed by atoms with Crippen molar-refractivity contribution in [2.75, 3.05) is 18.5 Å². The average Bonchev–Trinajstić information content (AvgIpc) is 2.89. The predicted octanol–water partition coefficient (Wildman–Crippen LogP) is 1.77. The topological polar surface area (TPSA) is 87.1 Å². The first-order valence-corrected chi connectivity index (χ1v) is 7.21. The number of aromatic nitrogens is 2. The summed E-state index contributed by atoms with van der Waals surface area (Å²) in [5.41, 5.74) is 0.923. The van der Waals surface area contributed by atoms with E-state index in [9.17, 15) is 9.18 Å². The van der Waals surface area contributed by atoms with Crippen molar-refractivity contribution in [2.24, 2.45) is 0 Å². The second-order valence-electron chi connectivity index (χ2n) is 4.26. The van der Waals surface area contributed by atoms with Crippen molar-refractivity contribution < 1.29 is 14.3 Å². The van der Waals surface area contributed by atoms with Crippen LogP contribution in [0.2, 0.25) is 0 Å². The summed E-state index contributed by atoms with van der Waals surface area (Å²) in [5.74, 6) is -0.280. The molecule has 0 radical (unpaired) electrons. The maximum Gasteiger partial charge on any atom is 0.321 e. The van der Waals surface area contributed by atoms with Gasteiger partial charge in [0.15, 0.2) is 0 Å². The Morgan fingerprint density at radius 1 is 1.29 bits per heavy atom. The lowest BCUT2D eigenvalue weighted by Gasteiger charge is -2.02. The van der Waals surface area contributed by atoms with E-state index in [4.69, 9.17) is 5.11 Å². The van der Waals surface area contributed by atoms with Gasteiger partial charge < -0.3 is 10.4 Å². The summed E-state index contributed by atoms with van der Waals surface area (Å²) in [6, 6.07) is 5.78. The number of nitrogens with zero attached hydrogens (tertiary/aromatic N) is 2. The molecule has 1 heterocycles. The van der Waals surface area contributed by atoms with Crippen LogP contribution >= 0.6 is 11.3 Å². The Morgan fingerprint density at radius 3 is 2.76 bits per heavy atom. The Balaban J connectivity index is 1.86. The Kier molecular flexibility index (Phi) is 5.59. The summed E-state index contributed by atoms with van der Waals surface area (Å²) in [5, 5.41) is 22.7. The number of hydrogen-bond acceptors (Lipinski definition) is 5. The lowest BCUT2D eigenvalue weighted by molar-refractivity contribution is 0.249. The number of benzene rings is 1. The number of aliphatic hydroxyl groups is 1. The van der Waals surface area contributed by atoms with Gasteiger partial charge in [-0.1, -0.05) is 23.5 Å². The molecule has 0 spiro atoms. The van der Waals surface area contributed by atoms with Gasteiger partial charge in [0.25, 0.3) is 0 Å². The van der Waals surface area contributed by atoms with E-state index < -0.39 is 0 Å². The van der Waals surface area contributed by atoms with Gasteiger partial charge in [-0.2, -0.15) is 0 Å². The molecule has 0 aliphatic rings. The van der Waals surface area contributed by atoms with E-state index in [0.717, 1.165) is 10.6 Å². The fraction of sp³-hybridized carbons (Fsp3) is 0.308. The maximum absolute atomic E-state index is 12.8. The van der Waals surface area contributed by atoms with Crippen LogP contribution in [0.3, 0.4) is 0 Å². The molecule has 0 saturated carbocycles. The highest BCUT2D eigenvalue weighted by molar-refractivity contribution is 7.15.